The highest BCUT2D eigenvalue weighted by atomic mass is 19.1. The first-order valence-corrected chi connectivity index (χ1v) is 8.16. The lowest BCUT2D eigenvalue weighted by Crippen LogP contribution is -2.14. The topological polar surface area (TPSA) is 124 Å². The van der Waals surface area contributed by atoms with Crippen LogP contribution in [0.1, 0.15) is 27.3 Å². The molecule has 0 saturated heterocycles. The van der Waals surface area contributed by atoms with Crippen molar-refractivity contribution in [2.45, 2.75) is 20.8 Å². The van der Waals surface area contributed by atoms with Gasteiger partial charge in [-0.2, -0.15) is 0 Å². The van der Waals surface area contributed by atoms with E-state index in [1.165, 1.54) is 10.6 Å². The van der Waals surface area contributed by atoms with Crippen LogP contribution in [-0.4, -0.2) is 29.9 Å². The number of amides is 1. The van der Waals surface area contributed by atoms with Crippen molar-refractivity contribution in [3.63, 3.8) is 0 Å². The Morgan fingerprint density at radius 3 is 2.63 bits per heavy atom. The van der Waals surface area contributed by atoms with Crippen molar-refractivity contribution in [2.24, 2.45) is 5.73 Å². The minimum absolute atomic E-state index is 0.0534. The summed E-state index contributed by atoms with van der Waals surface area (Å²) in [5, 5.41) is 10.5. The van der Waals surface area contributed by atoms with Crippen LogP contribution in [0, 0.1) is 26.6 Å². The molecule has 8 nitrogen and oxygen atoms in total. The number of nitrogens with two attached hydrogens (primary N) is 2. The maximum Gasteiger partial charge on any atom is 0.253 e. The summed E-state index contributed by atoms with van der Waals surface area (Å²) in [5.74, 6) is -1.28. The standard InChI is InChI=1S/C18H17FN6O2/c1-7-6-10(19)14(26)8(2)13(7)25-15(20)11(16(21)27)12-17-22-4-5-24(17)9(3)23-18(12)25/h4-6,26H,20H2,1-3H3,(H2,21,27). The fourth-order valence-corrected chi connectivity index (χ4v) is 3.59. The summed E-state index contributed by atoms with van der Waals surface area (Å²) in [6.45, 7) is 5.03. The van der Waals surface area contributed by atoms with Gasteiger partial charge < -0.3 is 16.6 Å². The van der Waals surface area contributed by atoms with E-state index in [0.29, 0.717) is 33.8 Å². The molecule has 9 heteroatoms. The van der Waals surface area contributed by atoms with Gasteiger partial charge in [-0.3, -0.25) is 13.8 Å². The minimum Gasteiger partial charge on any atom is -0.505 e. The fourth-order valence-electron chi connectivity index (χ4n) is 3.59. The number of imidazole rings is 1. The molecule has 4 aromatic rings. The number of hydrogen-bond acceptors (Lipinski definition) is 5. The molecular weight excluding hydrogens is 351 g/mol. The van der Waals surface area contributed by atoms with Gasteiger partial charge >= 0.3 is 0 Å². The molecule has 1 aromatic carbocycles. The van der Waals surface area contributed by atoms with E-state index in [1.807, 2.05) is 0 Å². The molecule has 0 atom stereocenters. The zero-order chi connectivity index (χ0) is 19.6. The van der Waals surface area contributed by atoms with Crippen molar-refractivity contribution in [3.05, 3.63) is 46.8 Å². The number of benzene rings is 1. The SMILES string of the molecule is Cc1cc(F)c(O)c(C)c1-n1c(N)c(C(N)=O)c2c1nc(C)n1ccnc21. The van der Waals surface area contributed by atoms with Gasteiger partial charge in [0.1, 0.15) is 17.3 Å². The third-order valence-corrected chi connectivity index (χ3v) is 4.79. The first kappa shape index (κ1) is 16.8. The molecule has 0 fully saturated rings. The zero-order valence-corrected chi connectivity index (χ0v) is 14.9. The van der Waals surface area contributed by atoms with Crippen molar-refractivity contribution in [2.75, 3.05) is 5.73 Å². The zero-order valence-electron chi connectivity index (χ0n) is 14.9. The van der Waals surface area contributed by atoms with Crippen LogP contribution in [0.25, 0.3) is 22.4 Å². The second-order valence-electron chi connectivity index (χ2n) is 6.44. The molecule has 27 heavy (non-hydrogen) atoms. The van der Waals surface area contributed by atoms with Crippen LogP contribution in [0.2, 0.25) is 0 Å². The Kier molecular flexibility index (Phi) is 3.39. The minimum atomic E-state index is -0.737. The lowest BCUT2D eigenvalue weighted by molar-refractivity contribution is 0.100. The van der Waals surface area contributed by atoms with Crippen LogP contribution in [0.15, 0.2) is 18.5 Å². The highest BCUT2D eigenvalue weighted by molar-refractivity contribution is 6.15. The summed E-state index contributed by atoms with van der Waals surface area (Å²) >= 11 is 0. The average molecular weight is 368 g/mol. The predicted octanol–water partition coefficient (Wildman–Crippen LogP) is 2.12. The second-order valence-corrected chi connectivity index (χ2v) is 6.44. The normalized spacial score (nSPS) is 11.6. The number of aromatic hydroxyl groups is 1. The molecule has 5 N–H and O–H groups in total. The maximum atomic E-state index is 13.9. The number of halogens is 1. The van der Waals surface area contributed by atoms with Crippen molar-refractivity contribution in [3.8, 4) is 11.4 Å². The van der Waals surface area contributed by atoms with Gasteiger partial charge in [0.05, 0.1) is 16.6 Å². The predicted molar refractivity (Wildman–Crippen MR) is 98.6 cm³/mol. The van der Waals surface area contributed by atoms with E-state index in [-0.39, 0.29) is 16.9 Å². The maximum absolute atomic E-state index is 13.9. The van der Waals surface area contributed by atoms with Crippen LogP contribution in [0.3, 0.4) is 0 Å². The van der Waals surface area contributed by atoms with Gasteiger partial charge in [-0.15, -0.1) is 0 Å². The number of carbonyl (C=O) groups is 1. The van der Waals surface area contributed by atoms with E-state index in [1.54, 1.807) is 37.6 Å². The second kappa shape index (κ2) is 5.44. The number of primary amides is 1. The van der Waals surface area contributed by atoms with Gasteiger partial charge in [0.25, 0.3) is 5.91 Å². The summed E-state index contributed by atoms with van der Waals surface area (Å²) < 4.78 is 17.2. The lowest BCUT2D eigenvalue weighted by Gasteiger charge is -2.16. The highest BCUT2D eigenvalue weighted by Crippen LogP contribution is 2.37. The van der Waals surface area contributed by atoms with Crippen molar-refractivity contribution in [1.29, 1.82) is 0 Å². The van der Waals surface area contributed by atoms with Gasteiger partial charge in [-0.1, -0.05) is 0 Å². The Morgan fingerprint density at radius 2 is 1.96 bits per heavy atom. The van der Waals surface area contributed by atoms with Crippen LogP contribution in [0.5, 0.6) is 5.75 Å². The molecular formula is C18H17FN6O2. The van der Waals surface area contributed by atoms with E-state index < -0.39 is 17.5 Å². The van der Waals surface area contributed by atoms with Crippen molar-refractivity contribution < 1.29 is 14.3 Å². The fraction of sp³-hybridized carbons (Fsp3) is 0.167. The average Bonchev–Trinajstić information content (AvgIpc) is 3.17. The lowest BCUT2D eigenvalue weighted by atomic mass is 10.1. The van der Waals surface area contributed by atoms with E-state index in [4.69, 9.17) is 11.5 Å². The molecule has 1 amide bonds. The molecule has 0 unspecified atom stereocenters. The molecule has 0 aliphatic rings. The quantitative estimate of drug-likeness (QED) is 0.500. The summed E-state index contributed by atoms with van der Waals surface area (Å²) in [6, 6.07) is 1.20. The molecule has 0 spiro atoms. The molecule has 138 valence electrons. The molecule has 3 heterocycles. The van der Waals surface area contributed by atoms with E-state index in [0.717, 1.165) is 0 Å². The van der Waals surface area contributed by atoms with Crippen molar-refractivity contribution in [1.82, 2.24) is 18.9 Å². The van der Waals surface area contributed by atoms with Gasteiger partial charge in [0.15, 0.2) is 17.2 Å². The number of aryl methyl sites for hydroxylation is 2. The number of nitrogens with zero attached hydrogens (tertiary/aromatic N) is 4. The van der Waals surface area contributed by atoms with Gasteiger partial charge in [-0.05, 0) is 32.4 Å². The first-order valence-electron chi connectivity index (χ1n) is 8.16. The third-order valence-electron chi connectivity index (χ3n) is 4.79. The summed E-state index contributed by atoms with van der Waals surface area (Å²) in [5.41, 5.74) is 14.0. The first-order chi connectivity index (χ1) is 12.7. The summed E-state index contributed by atoms with van der Waals surface area (Å²) in [4.78, 5) is 21.1. The Labute approximate surface area is 152 Å². The number of carbonyl (C=O) groups excluding carboxylic acids is 1. The summed E-state index contributed by atoms with van der Waals surface area (Å²) in [6.07, 6.45) is 3.30. The van der Waals surface area contributed by atoms with Crippen LogP contribution >= 0.6 is 0 Å². The number of phenolic OH excluding ortho intramolecular Hbond substituents is 1. The van der Waals surface area contributed by atoms with Crippen molar-refractivity contribution >= 4 is 28.4 Å². The largest absolute Gasteiger partial charge is 0.505 e. The van der Waals surface area contributed by atoms with E-state index in [2.05, 4.69) is 9.97 Å². The molecule has 0 bridgehead atoms. The van der Waals surface area contributed by atoms with Crippen LogP contribution in [-0.2, 0) is 0 Å². The Balaban J connectivity index is 2.28. The Morgan fingerprint density at radius 1 is 1.26 bits per heavy atom. The van der Waals surface area contributed by atoms with Crippen LogP contribution < -0.4 is 11.5 Å². The molecule has 4 rings (SSSR count). The third kappa shape index (κ3) is 2.11. The number of anilines is 1. The van der Waals surface area contributed by atoms with Crippen LogP contribution in [0.4, 0.5) is 10.2 Å². The van der Waals surface area contributed by atoms with E-state index >= 15 is 0 Å². The molecule has 0 aliphatic carbocycles. The molecule has 0 saturated carbocycles. The molecule has 0 radical (unpaired) electrons. The number of phenols is 1. The monoisotopic (exact) mass is 368 g/mol. The number of hydrogen-bond donors (Lipinski definition) is 3. The van der Waals surface area contributed by atoms with Gasteiger partial charge in [-0.25, -0.2) is 14.4 Å². The molecule has 3 aromatic heterocycles. The summed E-state index contributed by atoms with van der Waals surface area (Å²) in [7, 11) is 0. The highest BCUT2D eigenvalue weighted by Gasteiger charge is 2.27. The number of aromatic nitrogens is 4. The van der Waals surface area contributed by atoms with E-state index in [9.17, 15) is 14.3 Å². The van der Waals surface area contributed by atoms with Gasteiger partial charge in [0.2, 0.25) is 0 Å². The number of nitrogen functional groups attached to an aromatic ring is 1. The Hall–Kier alpha value is -3.62. The van der Waals surface area contributed by atoms with Gasteiger partial charge in [0, 0.05) is 18.0 Å². The number of fused-ring (bicyclic) bond motifs is 3. The number of rotatable bonds is 2. The molecule has 0 aliphatic heterocycles. The Bertz CT molecular complexity index is 1270. The smallest absolute Gasteiger partial charge is 0.253 e.